The van der Waals surface area contributed by atoms with Crippen LogP contribution in [0.25, 0.3) is 0 Å². The van der Waals surface area contributed by atoms with E-state index in [9.17, 15) is 5.11 Å². The van der Waals surface area contributed by atoms with Crippen LogP contribution in [0.3, 0.4) is 0 Å². The minimum atomic E-state index is 0.368. The Hall–Kier alpha value is -2.54. The first kappa shape index (κ1) is 34.9. The fourth-order valence-electron chi connectivity index (χ4n) is 6.93. The summed E-state index contributed by atoms with van der Waals surface area (Å²) in [4.78, 5) is 0. The highest BCUT2D eigenvalue weighted by Gasteiger charge is 2.19. The molecule has 0 aliphatic heterocycles. The van der Waals surface area contributed by atoms with Crippen LogP contribution in [0, 0.1) is 0 Å². The first-order valence-electron chi connectivity index (χ1n) is 18.0. The number of aromatic hydroxyl groups is 1. The van der Waals surface area contributed by atoms with Gasteiger partial charge in [0.15, 0.2) is 0 Å². The molecule has 0 aliphatic carbocycles. The lowest BCUT2D eigenvalue weighted by Crippen LogP contribution is -2.08. The second-order valence-electron chi connectivity index (χ2n) is 13.3. The lowest BCUT2D eigenvalue weighted by atomic mass is 9.83. The number of hydrogen-bond acceptors (Lipinski definition) is 1. The van der Waals surface area contributed by atoms with Gasteiger partial charge in [0.05, 0.1) is 0 Å². The zero-order valence-corrected chi connectivity index (χ0v) is 28.2. The first-order chi connectivity index (χ1) is 21.0. The molecule has 0 fully saturated rings. The summed E-state index contributed by atoms with van der Waals surface area (Å²) in [6.07, 6.45) is 23.0. The molecule has 43 heavy (non-hydrogen) atoms. The molecular weight excluding hydrogens is 520 g/mol. The highest BCUT2D eigenvalue weighted by atomic mass is 16.3. The van der Waals surface area contributed by atoms with Crippen molar-refractivity contribution in [3.05, 3.63) is 100 Å². The van der Waals surface area contributed by atoms with Crippen molar-refractivity contribution in [3.63, 3.8) is 0 Å². The van der Waals surface area contributed by atoms with Gasteiger partial charge >= 0.3 is 0 Å². The predicted molar refractivity (Wildman–Crippen MR) is 189 cm³/mol. The normalized spacial score (nSPS) is 12.8. The minimum absolute atomic E-state index is 0.368. The zero-order chi connectivity index (χ0) is 30.7. The second kappa shape index (κ2) is 20.4. The van der Waals surface area contributed by atoms with Crippen molar-refractivity contribution >= 4 is 0 Å². The molecule has 0 amide bonds. The zero-order valence-electron chi connectivity index (χ0n) is 28.2. The van der Waals surface area contributed by atoms with Crippen LogP contribution in [0.5, 0.6) is 5.75 Å². The summed E-state index contributed by atoms with van der Waals surface area (Å²) in [6, 6.07) is 24.3. The van der Waals surface area contributed by atoms with Gasteiger partial charge in [0.2, 0.25) is 0 Å². The van der Waals surface area contributed by atoms with Crippen molar-refractivity contribution in [2.75, 3.05) is 0 Å². The predicted octanol–water partition coefficient (Wildman–Crippen LogP) is 12.7. The molecule has 236 valence electrons. The molecule has 0 heterocycles. The molecule has 2 atom stereocenters. The van der Waals surface area contributed by atoms with E-state index in [2.05, 4.69) is 82.3 Å². The average molecular weight is 583 g/mol. The van der Waals surface area contributed by atoms with E-state index in [-0.39, 0.29) is 0 Å². The van der Waals surface area contributed by atoms with Crippen LogP contribution in [0.2, 0.25) is 0 Å². The van der Waals surface area contributed by atoms with Crippen molar-refractivity contribution in [3.8, 4) is 5.75 Å². The standard InChI is InChI=1S/C42H62O/c1-5-7-9-11-13-15-17-24-36-26-19-21-29-39(36)34(3)32-38-28-23-31-42(43)41(38)33-35(4)40-30-22-20-27-37(40)25-18-16-14-12-10-8-6-2/h19-23,26-31,34-35,43H,5-18,24-25,32-33H2,1-4H3. The van der Waals surface area contributed by atoms with Crippen molar-refractivity contribution in [2.24, 2.45) is 0 Å². The van der Waals surface area contributed by atoms with Crippen LogP contribution in [-0.4, -0.2) is 5.11 Å². The highest BCUT2D eigenvalue weighted by molar-refractivity contribution is 5.43. The van der Waals surface area contributed by atoms with E-state index < -0.39 is 0 Å². The van der Waals surface area contributed by atoms with Gasteiger partial charge in [-0.15, -0.1) is 0 Å². The highest BCUT2D eigenvalue weighted by Crippen LogP contribution is 2.34. The number of aryl methyl sites for hydroxylation is 2. The lowest BCUT2D eigenvalue weighted by molar-refractivity contribution is 0.464. The number of rotatable bonds is 22. The third kappa shape index (κ3) is 12.2. The summed E-state index contributed by atoms with van der Waals surface area (Å²) in [6.45, 7) is 9.30. The van der Waals surface area contributed by atoms with E-state index in [1.54, 1.807) is 0 Å². The Morgan fingerprint density at radius 2 is 0.884 bits per heavy atom. The van der Waals surface area contributed by atoms with Crippen LogP contribution in [0.1, 0.15) is 163 Å². The Balaban J connectivity index is 1.63. The van der Waals surface area contributed by atoms with Gasteiger partial charge < -0.3 is 5.11 Å². The number of unbranched alkanes of at least 4 members (excludes halogenated alkanes) is 12. The van der Waals surface area contributed by atoms with Crippen LogP contribution in [-0.2, 0) is 25.7 Å². The first-order valence-corrected chi connectivity index (χ1v) is 18.0. The van der Waals surface area contributed by atoms with Crippen molar-refractivity contribution in [2.45, 2.75) is 155 Å². The smallest absolute Gasteiger partial charge is 0.119 e. The van der Waals surface area contributed by atoms with E-state index in [1.165, 1.54) is 124 Å². The number of benzene rings is 3. The molecule has 3 aromatic carbocycles. The largest absolute Gasteiger partial charge is 0.508 e. The summed E-state index contributed by atoms with van der Waals surface area (Å²) >= 11 is 0. The summed E-state index contributed by atoms with van der Waals surface area (Å²) < 4.78 is 0. The van der Waals surface area contributed by atoms with Gasteiger partial charge in [-0.25, -0.2) is 0 Å². The number of phenolic OH excluding ortho intramolecular Hbond substituents is 1. The maximum atomic E-state index is 11.1. The van der Waals surface area contributed by atoms with Gasteiger partial charge in [0.1, 0.15) is 5.75 Å². The second-order valence-corrected chi connectivity index (χ2v) is 13.3. The Morgan fingerprint density at radius 1 is 0.465 bits per heavy atom. The third-order valence-corrected chi connectivity index (χ3v) is 9.56. The minimum Gasteiger partial charge on any atom is -0.508 e. The Bertz CT molecular complexity index is 1160. The molecular formula is C42H62O. The number of phenols is 1. The monoisotopic (exact) mass is 582 g/mol. The van der Waals surface area contributed by atoms with Crippen LogP contribution < -0.4 is 0 Å². The molecule has 0 spiro atoms. The lowest BCUT2D eigenvalue weighted by Gasteiger charge is -2.22. The van der Waals surface area contributed by atoms with Crippen LogP contribution in [0.4, 0.5) is 0 Å². The van der Waals surface area contributed by atoms with Gasteiger partial charge in [-0.3, -0.25) is 0 Å². The molecule has 0 aliphatic rings. The molecule has 0 aromatic heterocycles. The average Bonchev–Trinajstić information content (AvgIpc) is 3.02. The van der Waals surface area contributed by atoms with Gasteiger partial charge in [0, 0.05) is 0 Å². The van der Waals surface area contributed by atoms with E-state index >= 15 is 0 Å². The molecule has 1 N–H and O–H groups in total. The fraction of sp³-hybridized carbons (Fsp3) is 0.571. The summed E-state index contributed by atoms with van der Waals surface area (Å²) in [7, 11) is 0. The van der Waals surface area contributed by atoms with E-state index in [4.69, 9.17) is 0 Å². The molecule has 3 rings (SSSR count). The maximum absolute atomic E-state index is 11.1. The Labute approximate surface area is 265 Å². The van der Waals surface area contributed by atoms with Crippen molar-refractivity contribution in [1.29, 1.82) is 0 Å². The van der Waals surface area contributed by atoms with E-state index in [0.29, 0.717) is 17.6 Å². The maximum Gasteiger partial charge on any atom is 0.119 e. The van der Waals surface area contributed by atoms with Gasteiger partial charge in [-0.05, 0) is 89.8 Å². The van der Waals surface area contributed by atoms with Crippen molar-refractivity contribution in [1.82, 2.24) is 0 Å². The fourth-order valence-corrected chi connectivity index (χ4v) is 6.93. The molecule has 0 saturated carbocycles. The quantitative estimate of drug-likeness (QED) is 0.117. The molecule has 0 radical (unpaired) electrons. The van der Waals surface area contributed by atoms with Crippen LogP contribution >= 0.6 is 0 Å². The number of hydrogen-bond donors (Lipinski definition) is 1. The molecule has 1 nitrogen and oxygen atoms in total. The third-order valence-electron chi connectivity index (χ3n) is 9.56. The van der Waals surface area contributed by atoms with E-state index in [1.807, 2.05) is 12.1 Å². The summed E-state index contributed by atoms with van der Waals surface area (Å²) in [5.41, 5.74) is 8.38. The van der Waals surface area contributed by atoms with Gasteiger partial charge in [-0.2, -0.15) is 0 Å². The van der Waals surface area contributed by atoms with Gasteiger partial charge in [0.25, 0.3) is 0 Å². The molecule has 0 bridgehead atoms. The molecule has 2 unspecified atom stereocenters. The SMILES string of the molecule is CCCCCCCCCc1ccccc1C(C)Cc1cccc(O)c1CC(C)c1ccccc1CCCCCCCCC. The molecule has 0 saturated heterocycles. The van der Waals surface area contributed by atoms with E-state index in [0.717, 1.165) is 24.8 Å². The van der Waals surface area contributed by atoms with Crippen LogP contribution in [0.15, 0.2) is 66.7 Å². The molecule has 3 aromatic rings. The molecule has 1 heteroatoms. The summed E-state index contributed by atoms with van der Waals surface area (Å²) in [5, 5.41) is 11.1. The summed E-state index contributed by atoms with van der Waals surface area (Å²) in [5.74, 6) is 1.24. The van der Waals surface area contributed by atoms with Crippen molar-refractivity contribution < 1.29 is 5.11 Å². The topological polar surface area (TPSA) is 20.2 Å². The van der Waals surface area contributed by atoms with Gasteiger partial charge in [-0.1, -0.05) is 165 Å². The Morgan fingerprint density at radius 3 is 1.40 bits per heavy atom. The Kier molecular flexibility index (Phi) is 16.6.